The molecule has 23 heavy (non-hydrogen) atoms. The summed E-state index contributed by atoms with van der Waals surface area (Å²) in [5.41, 5.74) is 4.96. The minimum atomic E-state index is -0.738. The molecule has 0 atom stereocenters. The third-order valence-corrected chi connectivity index (χ3v) is 4.21. The molecule has 126 valence electrons. The summed E-state index contributed by atoms with van der Waals surface area (Å²) >= 11 is 0. The van der Waals surface area contributed by atoms with Gasteiger partial charge in [0.15, 0.2) is 6.61 Å². The van der Waals surface area contributed by atoms with Gasteiger partial charge in [-0.05, 0) is 37.1 Å². The van der Waals surface area contributed by atoms with Gasteiger partial charge in [0.2, 0.25) is 0 Å². The van der Waals surface area contributed by atoms with Gasteiger partial charge in [-0.3, -0.25) is 9.59 Å². The third kappa shape index (κ3) is 4.69. The number of hydrogen-bond acceptors (Lipinski definition) is 4. The number of carbonyl (C=O) groups is 2. The number of nitrogens with one attached hydrogen (secondary N) is 1. The third-order valence-electron chi connectivity index (χ3n) is 4.21. The van der Waals surface area contributed by atoms with Gasteiger partial charge in [-0.1, -0.05) is 25.7 Å². The molecule has 0 unspecified atom stereocenters. The molecular weight excluding hydrogens is 296 g/mol. The Hall–Kier alpha value is -2.08. The first-order valence-corrected chi connectivity index (χ1v) is 7.93. The molecule has 1 fully saturated rings. The highest BCUT2D eigenvalue weighted by Gasteiger charge is 2.38. The van der Waals surface area contributed by atoms with Gasteiger partial charge in [-0.15, -0.1) is 0 Å². The van der Waals surface area contributed by atoms with Gasteiger partial charge in [0.25, 0.3) is 11.8 Å². The summed E-state index contributed by atoms with van der Waals surface area (Å²) in [6.07, 6.45) is 5.78. The van der Waals surface area contributed by atoms with Crippen LogP contribution in [0.3, 0.4) is 0 Å². The van der Waals surface area contributed by atoms with Gasteiger partial charge in [0, 0.05) is 12.8 Å². The van der Waals surface area contributed by atoms with Gasteiger partial charge in [0.1, 0.15) is 11.4 Å². The van der Waals surface area contributed by atoms with Gasteiger partial charge in [0.05, 0.1) is 0 Å². The van der Waals surface area contributed by atoms with Crippen LogP contribution < -0.4 is 15.8 Å². The molecular formula is C17H24N2O4. The second kappa shape index (κ2) is 7.97. The molecule has 0 spiro atoms. The predicted octanol–water partition coefficient (Wildman–Crippen LogP) is 2.23. The Balaban J connectivity index is 1.99. The number of hydrogen-bond donors (Lipinski definition) is 2. The molecule has 6 nitrogen and oxygen atoms in total. The molecule has 1 aromatic rings. The van der Waals surface area contributed by atoms with Crippen LogP contribution in [-0.4, -0.2) is 31.1 Å². The summed E-state index contributed by atoms with van der Waals surface area (Å²) in [5, 5.41) is 2.91. The zero-order chi connectivity index (χ0) is 16.7. The minimum absolute atomic E-state index is 0.104. The molecule has 0 aliphatic heterocycles. The fourth-order valence-electron chi connectivity index (χ4n) is 2.86. The van der Waals surface area contributed by atoms with Crippen molar-refractivity contribution in [3.63, 3.8) is 0 Å². The van der Waals surface area contributed by atoms with Crippen molar-refractivity contribution in [3.8, 4) is 5.75 Å². The summed E-state index contributed by atoms with van der Waals surface area (Å²) in [6, 6.07) is 6.83. The fraction of sp³-hybridized carbons (Fsp3) is 0.529. The molecule has 2 rings (SSSR count). The summed E-state index contributed by atoms with van der Waals surface area (Å²) in [6.45, 7) is -0.168. The molecule has 0 bridgehead atoms. The maximum Gasteiger partial charge on any atom is 0.256 e. The Bertz CT molecular complexity index is 534. The Morgan fingerprint density at radius 2 is 1.74 bits per heavy atom. The monoisotopic (exact) mass is 320 g/mol. The highest BCUT2D eigenvalue weighted by Crippen LogP contribution is 2.31. The Labute approximate surface area is 136 Å². The molecule has 0 heterocycles. The van der Waals surface area contributed by atoms with Gasteiger partial charge >= 0.3 is 0 Å². The number of primary amides is 1. The first kappa shape index (κ1) is 17.3. The SMILES string of the molecule is COC1(C(=O)Nc2ccc(OCC(N)=O)cc2)CCCCCC1. The zero-order valence-electron chi connectivity index (χ0n) is 13.5. The molecule has 1 aliphatic rings. The normalized spacial score (nSPS) is 17.1. The lowest BCUT2D eigenvalue weighted by Crippen LogP contribution is -2.44. The van der Waals surface area contributed by atoms with E-state index in [4.69, 9.17) is 15.2 Å². The average Bonchev–Trinajstić information content (AvgIpc) is 2.80. The number of carbonyl (C=O) groups excluding carboxylic acids is 2. The predicted molar refractivity (Wildman–Crippen MR) is 87.2 cm³/mol. The van der Waals surface area contributed by atoms with Crippen LogP contribution in [0, 0.1) is 0 Å². The summed E-state index contributed by atoms with van der Waals surface area (Å²) < 4.78 is 10.8. The Kier molecular flexibility index (Phi) is 5.98. The van der Waals surface area contributed by atoms with Crippen LogP contribution in [0.25, 0.3) is 0 Å². The molecule has 0 radical (unpaired) electrons. The average molecular weight is 320 g/mol. The number of rotatable bonds is 6. The zero-order valence-corrected chi connectivity index (χ0v) is 13.5. The highest BCUT2D eigenvalue weighted by molar-refractivity contribution is 5.97. The molecule has 6 heteroatoms. The van der Waals surface area contributed by atoms with E-state index in [2.05, 4.69) is 5.32 Å². The van der Waals surface area contributed by atoms with Crippen molar-refractivity contribution in [3.05, 3.63) is 24.3 Å². The highest BCUT2D eigenvalue weighted by atomic mass is 16.5. The van der Waals surface area contributed by atoms with E-state index in [1.54, 1.807) is 31.4 Å². The number of anilines is 1. The number of amides is 2. The van der Waals surface area contributed by atoms with Crippen LogP contribution in [0.2, 0.25) is 0 Å². The van der Waals surface area contributed by atoms with Crippen molar-refractivity contribution >= 4 is 17.5 Å². The number of ether oxygens (including phenoxy) is 2. The van der Waals surface area contributed by atoms with Crippen LogP contribution in [0.5, 0.6) is 5.75 Å². The lowest BCUT2D eigenvalue weighted by atomic mass is 9.93. The van der Waals surface area contributed by atoms with Crippen LogP contribution in [0.4, 0.5) is 5.69 Å². The van der Waals surface area contributed by atoms with Gasteiger partial charge in [-0.2, -0.15) is 0 Å². The molecule has 0 aromatic heterocycles. The van der Waals surface area contributed by atoms with Crippen molar-refractivity contribution in [2.45, 2.75) is 44.1 Å². The lowest BCUT2D eigenvalue weighted by molar-refractivity contribution is -0.139. The molecule has 1 saturated carbocycles. The van der Waals surface area contributed by atoms with Crippen molar-refractivity contribution < 1.29 is 19.1 Å². The first-order valence-electron chi connectivity index (χ1n) is 7.93. The Morgan fingerprint density at radius 3 is 2.26 bits per heavy atom. The molecule has 0 saturated heterocycles. The van der Waals surface area contributed by atoms with Crippen molar-refractivity contribution in [2.24, 2.45) is 5.73 Å². The van der Waals surface area contributed by atoms with E-state index < -0.39 is 11.5 Å². The quantitative estimate of drug-likeness (QED) is 0.786. The van der Waals surface area contributed by atoms with Crippen molar-refractivity contribution in [1.29, 1.82) is 0 Å². The van der Waals surface area contributed by atoms with Crippen LogP contribution in [-0.2, 0) is 14.3 Å². The standard InChI is InChI=1S/C17H24N2O4/c1-22-17(10-4-2-3-5-11-17)16(21)19-13-6-8-14(9-7-13)23-12-15(18)20/h6-9H,2-5,10-12H2,1H3,(H2,18,20)(H,19,21). The van der Waals surface area contributed by atoms with E-state index in [-0.39, 0.29) is 12.5 Å². The van der Waals surface area contributed by atoms with E-state index in [9.17, 15) is 9.59 Å². The minimum Gasteiger partial charge on any atom is -0.484 e. The van der Waals surface area contributed by atoms with Crippen LogP contribution >= 0.6 is 0 Å². The number of benzene rings is 1. The van der Waals surface area contributed by atoms with Gasteiger partial charge < -0.3 is 20.5 Å². The van der Waals surface area contributed by atoms with E-state index in [0.717, 1.165) is 38.5 Å². The summed E-state index contributed by atoms with van der Waals surface area (Å²) in [4.78, 5) is 23.3. The summed E-state index contributed by atoms with van der Waals surface area (Å²) in [7, 11) is 1.60. The van der Waals surface area contributed by atoms with Crippen LogP contribution in [0.15, 0.2) is 24.3 Å². The first-order chi connectivity index (χ1) is 11.1. The maximum absolute atomic E-state index is 12.6. The van der Waals surface area contributed by atoms with E-state index in [0.29, 0.717) is 11.4 Å². The number of nitrogens with two attached hydrogens (primary N) is 1. The molecule has 1 aliphatic carbocycles. The van der Waals surface area contributed by atoms with E-state index in [1.807, 2.05) is 0 Å². The molecule has 3 N–H and O–H groups in total. The largest absolute Gasteiger partial charge is 0.484 e. The van der Waals surface area contributed by atoms with E-state index >= 15 is 0 Å². The topological polar surface area (TPSA) is 90.7 Å². The smallest absolute Gasteiger partial charge is 0.256 e. The van der Waals surface area contributed by atoms with Crippen molar-refractivity contribution in [1.82, 2.24) is 0 Å². The molecule has 2 amide bonds. The summed E-state index contributed by atoms with van der Waals surface area (Å²) in [5.74, 6) is -0.108. The molecule has 1 aromatic carbocycles. The van der Waals surface area contributed by atoms with E-state index in [1.165, 1.54) is 0 Å². The van der Waals surface area contributed by atoms with Crippen molar-refractivity contribution in [2.75, 3.05) is 19.0 Å². The lowest BCUT2D eigenvalue weighted by Gasteiger charge is -2.29. The van der Waals surface area contributed by atoms with Crippen LogP contribution in [0.1, 0.15) is 38.5 Å². The van der Waals surface area contributed by atoms with Gasteiger partial charge in [-0.25, -0.2) is 0 Å². The number of methoxy groups -OCH3 is 1. The second-order valence-corrected chi connectivity index (χ2v) is 5.85. The maximum atomic E-state index is 12.6. The Morgan fingerprint density at radius 1 is 1.13 bits per heavy atom. The fourth-order valence-corrected chi connectivity index (χ4v) is 2.86. The second-order valence-electron chi connectivity index (χ2n) is 5.85.